The topological polar surface area (TPSA) is 53.4 Å². The summed E-state index contributed by atoms with van der Waals surface area (Å²) in [5.74, 6) is 0.0861. The van der Waals surface area contributed by atoms with Crippen molar-refractivity contribution in [2.45, 2.75) is 13.3 Å². The van der Waals surface area contributed by atoms with Crippen LogP contribution in [0.25, 0.3) is 0 Å². The van der Waals surface area contributed by atoms with E-state index in [4.69, 9.17) is 11.6 Å². The molecule has 0 aliphatic carbocycles. The number of nitrogens with zero attached hydrogens (tertiary/aromatic N) is 2. The lowest BCUT2D eigenvalue weighted by atomic mass is 10.2. The molecule has 1 heterocycles. The van der Waals surface area contributed by atoms with Crippen LogP contribution in [0.3, 0.4) is 0 Å². The molecule has 16 heavy (non-hydrogen) atoms. The predicted molar refractivity (Wildman–Crippen MR) is 62.8 cm³/mol. The Bertz CT molecular complexity index is 352. The number of hydrogen-bond acceptors (Lipinski definition) is 3. The quantitative estimate of drug-likeness (QED) is 0.803. The zero-order chi connectivity index (χ0) is 12.0. The van der Waals surface area contributed by atoms with Gasteiger partial charge >= 0.3 is 0 Å². The van der Waals surface area contributed by atoms with Crippen molar-refractivity contribution < 1.29 is 9.90 Å². The van der Waals surface area contributed by atoms with Gasteiger partial charge in [0.15, 0.2) is 0 Å². The van der Waals surface area contributed by atoms with Crippen LogP contribution in [-0.4, -0.2) is 39.9 Å². The molecule has 0 radical (unpaired) electrons. The van der Waals surface area contributed by atoms with Gasteiger partial charge in [-0.2, -0.15) is 0 Å². The summed E-state index contributed by atoms with van der Waals surface area (Å²) in [5.41, 5.74) is 0.272. The number of amides is 1. The van der Waals surface area contributed by atoms with Gasteiger partial charge in [0.25, 0.3) is 5.91 Å². The highest BCUT2D eigenvalue weighted by Gasteiger charge is 2.17. The van der Waals surface area contributed by atoms with E-state index in [1.807, 2.05) is 6.92 Å². The van der Waals surface area contributed by atoms with Gasteiger partial charge in [0, 0.05) is 25.2 Å². The summed E-state index contributed by atoms with van der Waals surface area (Å²) in [6.07, 6.45) is 3.60. The fraction of sp³-hybridized carbons (Fsp3) is 0.455. The van der Waals surface area contributed by atoms with Gasteiger partial charge in [-0.1, -0.05) is 6.92 Å². The number of hydrogen-bond donors (Lipinski definition) is 1. The van der Waals surface area contributed by atoms with Gasteiger partial charge < -0.3 is 10.0 Å². The summed E-state index contributed by atoms with van der Waals surface area (Å²) in [7, 11) is 0. The first-order valence-corrected chi connectivity index (χ1v) is 5.72. The van der Waals surface area contributed by atoms with Gasteiger partial charge in [0.05, 0.1) is 11.8 Å². The van der Waals surface area contributed by atoms with E-state index >= 15 is 0 Å². The van der Waals surface area contributed by atoms with Crippen LogP contribution in [0.1, 0.15) is 23.7 Å². The second-order valence-corrected chi connectivity index (χ2v) is 3.75. The lowest BCUT2D eigenvalue weighted by Crippen LogP contribution is -2.33. The van der Waals surface area contributed by atoms with Crippen LogP contribution in [0.5, 0.6) is 5.75 Å². The summed E-state index contributed by atoms with van der Waals surface area (Å²) in [5, 5.41) is 9.52. The molecule has 5 heteroatoms. The Balaban J connectivity index is 2.85. The normalized spacial score (nSPS) is 10.1. The Labute approximate surface area is 99.9 Å². The lowest BCUT2D eigenvalue weighted by molar-refractivity contribution is 0.0762. The maximum Gasteiger partial charge on any atom is 0.257 e. The molecule has 0 unspecified atom stereocenters. The molecule has 0 aromatic carbocycles. The molecule has 1 amide bonds. The van der Waals surface area contributed by atoms with Gasteiger partial charge in [0.1, 0.15) is 5.75 Å². The van der Waals surface area contributed by atoms with Gasteiger partial charge in [-0.05, 0) is 12.5 Å². The van der Waals surface area contributed by atoms with Crippen molar-refractivity contribution in [3.63, 3.8) is 0 Å². The van der Waals surface area contributed by atoms with Gasteiger partial charge in [-0.3, -0.25) is 9.78 Å². The molecular weight excluding hydrogens is 228 g/mol. The maximum absolute atomic E-state index is 12.0. The summed E-state index contributed by atoms with van der Waals surface area (Å²) in [4.78, 5) is 17.4. The van der Waals surface area contributed by atoms with Crippen molar-refractivity contribution >= 4 is 17.5 Å². The molecule has 1 rings (SSSR count). The third-order valence-corrected chi connectivity index (χ3v) is 2.33. The van der Waals surface area contributed by atoms with Gasteiger partial charge in [0.2, 0.25) is 0 Å². The molecule has 0 bridgehead atoms. The zero-order valence-electron chi connectivity index (χ0n) is 9.19. The van der Waals surface area contributed by atoms with E-state index in [0.29, 0.717) is 19.0 Å². The monoisotopic (exact) mass is 242 g/mol. The molecule has 4 nitrogen and oxygen atoms in total. The average Bonchev–Trinajstić information content (AvgIpc) is 2.28. The predicted octanol–water partition coefficient (Wildman–Crippen LogP) is 1.88. The number of carbonyl (C=O) groups excluding carboxylic acids is 1. The first-order valence-electron chi connectivity index (χ1n) is 5.19. The van der Waals surface area contributed by atoms with E-state index in [9.17, 15) is 9.90 Å². The maximum atomic E-state index is 12.0. The second-order valence-electron chi connectivity index (χ2n) is 3.37. The molecule has 0 saturated carbocycles. The van der Waals surface area contributed by atoms with Gasteiger partial charge in [-0.25, -0.2) is 0 Å². The molecule has 0 spiro atoms. The highest BCUT2D eigenvalue weighted by atomic mass is 35.5. The second kappa shape index (κ2) is 6.33. The largest absolute Gasteiger partial charge is 0.505 e. The van der Waals surface area contributed by atoms with E-state index in [0.717, 1.165) is 6.42 Å². The van der Waals surface area contributed by atoms with Crippen LogP contribution < -0.4 is 0 Å². The molecule has 1 aromatic rings. The van der Waals surface area contributed by atoms with E-state index in [2.05, 4.69) is 4.98 Å². The number of pyridine rings is 1. The van der Waals surface area contributed by atoms with Crippen molar-refractivity contribution in [3.8, 4) is 5.75 Å². The highest BCUT2D eigenvalue weighted by Crippen LogP contribution is 2.16. The number of aromatic hydroxyl groups is 1. The first kappa shape index (κ1) is 12.8. The van der Waals surface area contributed by atoms with Crippen molar-refractivity contribution in [1.82, 2.24) is 9.88 Å². The molecule has 0 fully saturated rings. The smallest absolute Gasteiger partial charge is 0.257 e. The van der Waals surface area contributed by atoms with Crippen LogP contribution >= 0.6 is 11.6 Å². The Morgan fingerprint density at radius 2 is 2.31 bits per heavy atom. The van der Waals surface area contributed by atoms with E-state index in [1.54, 1.807) is 4.90 Å². The zero-order valence-corrected chi connectivity index (χ0v) is 9.94. The third-order valence-electron chi connectivity index (χ3n) is 2.17. The standard InChI is InChI=1S/C11H15ClN2O2/c1-2-6-14(7-4-12)11(16)9-3-5-13-8-10(9)15/h3,5,8,15H,2,4,6-7H2,1H3. The van der Waals surface area contributed by atoms with Crippen molar-refractivity contribution in [1.29, 1.82) is 0 Å². The van der Waals surface area contributed by atoms with Crippen LogP contribution in [0.2, 0.25) is 0 Å². The van der Waals surface area contributed by atoms with Gasteiger partial charge in [-0.15, -0.1) is 11.6 Å². The molecule has 0 atom stereocenters. The molecule has 1 N–H and O–H groups in total. The van der Waals surface area contributed by atoms with Crippen LogP contribution in [0, 0.1) is 0 Å². The minimum absolute atomic E-state index is 0.0943. The number of halogens is 1. The molecule has 0 aliphatic heterocycles. The average molecular weight is 243 g/mol. The summed E-state index contributed by atoms with van der Waals surface area (Å²) in [6, 6.07) is 1.51. The number of rotatable bonds is 5. The van der Waals surface area contributed by atoms with E-state index < -0.39 is 0 Å². The third kappa shape index (κ3) is 3.10. The fourth-order valence-electron chi connectivity index (χ4n) is 1.42. The van der Waals surface area contributed by atoms with Crippen molar-refractivity contribution in [2.75, 3.05) is 19.0 Å². The Morgan fingerprint density at radius 1 is 1.56 bits per heavy atom. The molecular formula is C11H15ClN2O2. The molecule has 1 aromatic heterocycles. The minimum atomic E-state index is -0.206. The van der Waals surface area contributed by atoms with E-state index in [-0.39, 0.29) is 17.2 Å². The van der Waals surface area contributed by atoms with Crippen LogP contribution in [0.15, 0.2) is 18.5 Å². The first-order chi connectivity index (χ1) is 7.70. The molecule has 0 saturated heterocycles. The highest BCUT2D eigenvalue weighted by molar-refractivity contribution is 6.18. The SMILES string of the molecule is CCCN(CCCl)C(=O)c1ccncc1O. The van der Waals surface area contributed by atoms with Crippen LogP contribution in [-0.2, 0) is 0 Å². The molecule has 0 aliphatic rings. The summed E-state index contributed by atoms with van der Waals surface area (Å²) in [6.45, 7) is 3.10. The van der Waals surface area contributed by atoms with Crippen molar-refractivity contribution in [2.24, 2.45) is 0 Å². The summed E-state index contributed by atoms with van der Waals surface area (Å²) < 4.78 is 0. The Morgan fingerprint density at radius 3 is 2.88 bits per heavy atom. The number of aromatic nitrogens is 1. The van der Waals surface area contributed by atoms with Crippen LogP contribution in [0.4, 0.5) is 0 Å². The minimum Gasteiger partial charge on any atom is -0.505 e. The number of carbonyl (C=O) groups is 1. The van der Waals surface area contributed by atoms with Crippen molar-refractivity contribution in [3.05, 3.63) is 24.0 Å². The summed E-state index contributed by atoms with van der Waals surface area (Å²) >= 11 is 5.63. The van der Waals surface area contributed by atoms with E-state index in [1.165, 1.54) is 18.5 Å². The Kier molecular flexibility index (Phi) is 5.05. The fourth-order valence-corrected chi connectivity index (χ4v) is 1.63. The number of alkyl halides is 1. The Hall–Kier alpha value is -1.29. The lowest BCUT2D eigenvalue weighted by Gasteiger charge is -2.21. The molecule has 88 valence electrons.